The van der Waals surface area contributed by atoms with Gasteiger partial charge in [-0.3, -0.25) is 4.79 Å². The molecule has 7 nitrogen and oxygen atoms in total. The van der Waals surface area contributed by atoms with Crippen molar-refractivity contribution >= 4 is 5.91 Å². The van der Waals surface area contributed by atoms with E-state index in [-0.39, 0.29) is 11.8 Å². The molecule has 0 bridgehead atoms. The van der Waals surface area contributed by atoms with Crippen LogP contribution in [0, 0.1) is 0 Å². The maximum Gasteiger partial charge on any atom is 0.270 e. The van der Waals surface area contributed by atoms with E-state index < -0.39 is 0 Å². The Morgan fingerprint density at radius 2 is 2.08 bits per heavy atom. The predicted octanol–water partition coefficient (Wildman–Crippen LogP) is 2.11. The Balaban J connectivity index is 1.75. The lowest BCUT2D eigenvalue weighted by atomic mass is 10.1. The quantitative estimate of drug-likeness (QED) is 0.777. The molecule has 3 rings (SSSR count). The van der Waals surface area contributed by atoms with Crippen LogP contribution >= 0.6 is 0 Å². The van der Waals surface area contributed by atoms with Crippen LogP contribution in [-0.2, 0) is 6.54 Å². The third kappa shape index (κ3) is 3.45. The molecule has 0 spiro atoms. The third-order valence-corrected chi connectivity index (χ3v) is 3.52. The molecule has 0 saturated heterocycles. The molecule has 0 unspecified atom stereocenters. The van der Waals surface area contributed by atoms with Crippen LogP contribution in [0.5, 0.6) is 0 Å². The van der Waals surface area contributed by atoms with Gasteiger partial charge >= 0.3 is 0 Å². The summed E-state index contributed by atoms with van der Waals surface area (Å²) in [7, 11) is 0. The zero-order valence-corrected chi connectivity index (χ0v) is 13.5. The molecule has 0 radical (unpaired) electrons. The number of benzene rings is 1. The van der Waals surface area contributed by atoms with Crippen LogP contribution in [0.15, 0.2) is 49.2 Å². The summed E-state index contributed by atoms with van der Waals surface area (Å²) in [5.74, 6) is 0.601. The van der Waals surface area contributed by atoms with Crippen molar-refractivity contribution in [3.8, 4) is 5.69 Å². The minimum absolute atomic E-state index is 0.172. The molecule has 3 aromatic rings. The molecule has 1 N–H and O–H groups in total. The van der Waals surface area contributed by atoms with E-state index in [1.165, 1.54) is 6.33 Å². The van der Waals surface area contributed by atoms with Gasteiger partial charge in [-0.1, -0.05) is 32.0 Å². The van der Waals surface area contributed by atoms with Gasteiger partial charge in [0.25, 0.3) is 5.91 Å². The summed E-state index contributed by atoms with van der Waals surface area (Å²) in [6.45, 7) is 4.35. The lowest BCUT2D eigenvalue weighted by Gasteiger charge is -2.10. The largest absolute Gasteiger partial charge is 0.347 e. The first kappa shape index (κ1) is 15.8. The highest BCUT2D eigenvalue weighted by Crippen LogP contribution is 2.13. The van der Waals surface area contributed by atoms with E-state index in [4.69, 9.17) is 0 Å². The zero-order chi connectivity index (χ0) is 16.9. The van der Waals surface area contributed by atoms with Gasteiger partial charge in [-0.15, -0.1) is 0 Å². The molecule has 7 heteroatoms. The van der Waals surface area contributed by atoms with E-state index >= 15 is 0 Å². The summed E-state index contributed by atoms with van der Waals surface area (Å²) in [6.07, 6.45) is 4.71. The maximum absolute atomic E-state index is 12.4. The van der Waals surface area contributed by atoms with Crippen LogP contribution in [0.2, 0.25) is 0 Å². The molecule has 0 aliphatic heterocycles. The minimum atomic E-state index is -0.229. The van der Waals surface area contributed by atoms with Crippen molar-refractivity contribution in [1.82, 2.24) is 30.0 Å². The molecule has 0 aliphatic rings. The number of hydrogen-bond donors (Lipinski definition) is 1. The lowest BCUT2D eigenvalue weighted by Crippen LogP contribution is -2.25. The Morgan fingerprint density at radius 3 is 2.83 bits per heavy atom. The Labute approximate surface area is 139 Å². The first-order valence-electron chi connectivity index (χ1n) is 7.69. The summed E-state index contributed by atoms with van der Waals surface area (Å²) in [6, 6.07) is 9.32. The summed E-state index contributed by atoms with van der Waals surface area (Å²) >= 11 is 0. The predicted molar refractivity (Wildman–Crippen MR) is 88.7 cm³/mol. The Hall–Kier alpha value is -3.09. The molecular formula is C17H18N6O. The first-order chi connectivity index (χ1) is 11.6. The van der Waals surface area contributed by atoms with E-state index in [9.17, 15) is 4.79 Å². The van der Waals surface area contributed by atoms with Crippen LogP contribution in [0.3, 0.4) is 0 Å². The van der Waals surface area contributed by atoms with Crippen molar-refractivity contribution in [1.29, 1.82) is 0 Å². The van der Waals surface area contributed by atoms with Gasteiger partial charge in [0.1, 0.15) is 24.2 Å². The van der Waals surface area contributed by atoms with Crippen molar-refractivity contribution in [2.45, 2.75) is 26.3 Å². The van der Waals surface area contributed by atoms with Gasteiger partial charge in [0.05, 0.1) is 5.69 Å². The Bertz CT molecular complexity index is 829. The Kier molecular flexibility index (Phi) is 4.60. The van der Waals surface area contributed by atoms with Crippen molar-refractivity contribution in [3.05, 3.63) is 66.3 Å². The van der Waals surface area contributed by atoms with Crippen molar-refractivity contribution in [2.75, 3.05) is 0 Å². The van der Waals surface area contributed by atoms with Gasteiger partial charge in [-0.2, -0.15) is 5.10 Å². The van der Waals surface area contributed by atoms with Gasteiger partial charge in [0.2, 0.25) is 0 Å². The smallest absolute Gasteiger partial charge is 0.270 e. The molecule has 0 fully saturated rings. The fraction of sp³-hybridized carbons (Fsp3) is 0.235. The van der Waals surface area contributed by atoms with Gasteiger partial charge in [0.15, 0.2) is 0 Å². The van der Waals surface area contributed by atoms with E-state index in [2.05, 4.69) is 25.4 Å². The van der Waals surface area contributed by atoms with Crippen LogP contribution < -0.4 is 5.32 Å². The second-order valence-electron chi connectivity index (χ2n) is 5.61. The molecule has 0 atom stereocenters. The molecule has 122 valence electrons. The number of para-hydroxylation sites is 1. The van der Waals surface area contributed by atoms with Gasteiger partial charge in [0, 0.05) is 18.7 Å². The van der Waals surface area contributed by atoms with Crippen molar-refractivity contribution < 1.29 is 4.79 Å². The second-order valence-corrected chi connectivity index (χ2v) is 5.61. The second kappa shape index (κ2) is 6.99. The Morgan fingerprint density at radius 1 is 1.25 bits per heavy atom. The lowest BCUT2D eigenvalue weighted by molar-refractivity contribution is 0.0945. The van der Waals surface area contributed by atoms with Crippen LogP contribution in [-0.4, -0.2) is 30.6 Å². The highest BCUT2D eigenvalue weighted by molar-refractivity contribution is 5.92. The molecule has 2 aromatic heterocycles. The molecular weight excluding hydrogens is 304 g/mol. The first-order valence-corrected chi connectivity index (χ1v) is 7.69. The van der Waals surface area contributed by atoms with Crippen LogP contribution in [0.4, 0.5) is 0 Å². The fourth-order valence-electron chi connectivity index (χ4n) is 2.26. The molecule has 2 heterocycles. The van der Waals surface area contributed by atoms with Gasteiger partial charge in [-0.25, -0.2) is 19.6 Å². The minimum Gasteiger partial charge on any atom is -0.347 e. The summed E-state index contributed by atoms with van der Waals surface area (Å²) in [5, 5.41) is 7.03. The summed E-state index contributed by atoms with van der Waals surface area (Å²) in [5.41, 5.74) is 2.18. The molecule has 1 aromatic carbocycles. The molecule has 0 saturated carbocycles. The number of amides is 1. The highest BCUT2D eigenvalue weighted by atomic mass is 16.1. The fourth-order valence-corrected chi connectivity index (χ4v) is 2.26. The number of hydrogen-bond acceptors (Lipinski definition) is 5. The number of nitrogens with one attached hydrogen (secondary N) is 1. The van der Waals surface area contributed by atoms with E-state index in [1.54, 1.807) is 23.3 Å². The van der Waals surface area contributed by atoms with E-state index in [1.807, 2.05) is 38.1 Å². The van der Waals surface area contributed by atoms with Crippen LogP contribution in [0.25, 0.3) is 5.69 Å². The maximum atomic E-state index is 12.4. The number of rotatable bonds is 5. The highest BCUT2D eigenvalue weighted by Gasteiger charge is 2.12. The zero-order valence-electron chi connectivity index (χ0n) is 13.5. The van der Waals surface area contributed by atoms with E-state index in [0.717, 1.165) is 11.3 Å². The van der Waals surface area contributed by atoms with Crippen molar-refractivity contribution in [2.24, 2.45) is 0 Å². The standard InChI is InChI=1S/C17H18N6O/c1-12(2)16-19-8-7-14(22-16)17(24)20-9-13-5-3-4-6-15(13)23-11-18-10-21-23/h3-8,10-12H,9H2,1-2H3,(H,20,24). The molecule has 0 aliphatic carbocycles. The number of nitrogens with zero attached hydrogens (tertiary/aromatic N) is 5. The SMILES string of the molecule is CC(C)c1nccc(C(=O)NCc2ccccc2-n2cncn2)n1. The van der Waals surface area contributed by atoms with Crippen LogP contribution in [0.1, 0.15) is 41.6 Å². The monoisotopic (exact) mass is 322 g/mol. The van der Waals surface area contributed by atoms with Crippen molar-refractivity contribution in [3.63, 3.8) is 0 Å². The summed E-state index contributed by atoms with van der Waals surface area (Å²) in [4.78, 5) is 24.8. The molecule has 24 heavy (non-hydrogen) atoms. The average Bonchev–Trinajstić information content (AvgIpc) is 3.14. The van der Waals surface area contributed by atoms with Gasteiger partial charge < -0.3 is 5.32 Å². The molecule has 1 amide bonds. The van der Waals surface area contributed by atoms with E-state index in [0.29, 0.717) is 18.1 Å². The normalized spacial score (nSPS) is 10.8. The number of carbonyl (C=O) groups excluding carboxylic acids is 1. The third-order valence-electron chi connectivity index (χ3n) is 3.52. The topological polar surface area (TPSA) is 85.6 Å². The van der Waals surface area contributed by atoms with Gasteiger partial charge in [-0.05, 0) is 17.7 Å². The number of aromatic nitrogens is 5. The number of carbonyl (C=O) groups is 1. The summed E-state index contributed by atoms with van der Waals surface area (Å²) < 4.78 is 1.67. The average molecular weight is 322 g/mol.